The van der Waals surface area contributed by atoms with Gasteiger partial charge >= 0.3 is 0 Å². The van der Waals surface area contributed by atoms with Crippen LogP contribution in [0, 0.1) is 11.8 Å². The molecule has 0 aliphatic carbocycles. The molecule has 0 unspecified atom stereocenters. The highest BCUT2D eigenvalue weighted by molar-refractivity contribution is 5.36. The van der Waals surface area contributed by atoms with Crippen LogP contribution in [0.15, 0.2) is 42.5 Å². The van der Waals surface area contributed by atoms with Gasteiger partial charge in [0.2, 0.25) is 0 Å². The van der Waals surface area contributed by atoms with Crippen LogP contribution in [0.1, 0.15) is 44.6 Å². The van der Waals surface area contributed by atoms with Crippen molar-refractivity contribution in [1.82, 2.24) is 0 Å². The van der Waals surface area contributed by atoms with Gasteiger partial charge < -0.3 is 0 Å². The highest BCUT2D eigenvalue weighted by Gasteiger charge is 1.83. The minimum Gasteiger partial charge on any atom is -0.0761 e. The van der Waals surface area contributed by atoms with Crippen molar-refractivity contribution in [2.24, 2.45) is 0 Å². The van der Waals surface area contributed by atoms with Crippen molar-refractivity contribution in [2.75, 3.05) is 0 Å². The molecule has 0 N–H and O–H groups in total. The molecule has 1 aromatic carbocycles. The molecule has 0 radical (unpaired) electrons. The van der Waals surface area contributed by atoms with Crippen molar-refractivity contribution >= 4 is 0 Å². The molecule has 0 bridgehead atoms. The molecule has 1 rings (SSSR count). The number of rotatable bonds is 5. The van der Waals surface area contributed by atoms with E-state index in [0.29, 0.717) is 0 Å². The summed E-state index contributed by atoms with van der Waals surface area (Å²) in [5.41, 5.74) is 1.08. The lowest BCUT2D eigenvalue weighted by atomic mass is 10.1. The Labute approximate surface area is 99.4 Å². The average Bonchev–Trinajstić information content (AvgIpc) is 2.34. The van der Waals surface area contributed by atoms with Gasteiger partial charge in [0.25, 0.3) is 0 Å². The van der Waals surface area contributed by atoms with Gasteiger partial charge in [0, 0.05) is 5.56 Å². The van der Waals surface area contributed by atoms with Gasteiger partial charge in [-0.05, 0) is 31.1 Å². The molecule has 0 saturated carbocycles. The molecule has 0 amide bonds. The molecule has 16 heavy (non-hydrogen) atoms. The van der Waals surface area contributed by atoms with Crippen LogP contribution >= 0.6 is 0 Å². The third-order valence-corrected chi connectivity index (χ3v) is 2.42. The van der Waals surface area contributed by atoms with Crippen molar-refractivity contribution in [3.63, 3.8) is 0 Å². The lowest BCUT2D eigenvalue weighted by Gasteiger charge is -1.92. The maximum atomic E-state index is 3.11. The number of hydrogen-bond acceptors (Lipinski definition) is 0. The van der Waals surface area contributed by atoms with Crippen LogP contribution in [0.2, 0.25) is 0 Å². The second-order valence-corrected chi connectivity index (χ2v) is 3.89. The van der Waals surface area contributed by atoms with E-state index in [1.165, 1.54) is 25.7 Å². The molecule has 0 spiro atoms. The molecule has 0 saturated heterocycles. The van der Waals surface area contributed by atoms with Crippen LogP contribution in [0.5, 0.6) is 0 Å². The Hall–Kier alpha value is -1.48. The maximum Gasteiger partial charge on any atom is 0.0248 e. The summed E-state index contributed by atoms with van der Waals surface area (Å²) in [5.74, 6) is 6.17. The molecule has 1 aromatic rings. The monoisotopic (exact) mass is 212 g/mol. The summed E-state index contributed by atoms with van der Waals surface area (Å²) in [6.07, 6.45) is 10.6. The van der Waals surface area contributed by atoms with Crippen LogP contribution in [-0.4, -0.2) is 0 Å². The molecular weight excluding hydrogens is 192 g/mol. The Kier molecular flexibility index (Phi) is 6.92. The number of hydrogen-bond donors (Lipinski definition) is 0. The molecule has 0 nitrogen and oxygen atoms in total. The van der Waals surface area contributed by atoms with Gasteiger partial charge in [0.05, 0.1) is 0 Å². The molecule has 0 aliphatic heterocycles. The predicted octanol–water partition coefficient (Wildman–Crippen LogP) is 4.56. The van der Waals surface area contributed by atoms with E-state index in [4.69, 9.17) is 0 Å². The molecule has 84 valence electrons. The summed E-state index contributed by atoms with van der Waals surface area (Å²) < 4.78 is 0. The lowest BCUT2D eigenvalue weighted by Crippen LogP contribution is -1.73. The Morgan fingerprint density at radius 2 is 1.88 bits per heavy atom. The van der Waals surface area contributed by atoms with Crippen molar-refractivity contribution in [1.29, 1.82) is 0 Å². The summed E-state index contributed by atoms with van der Waals surface area (Å²) in [6.45, 7) is 2.24. The fourth-order valence-electron chi connectivity index (χ4n) is 1.48. The van der Waals surface area contributed by atoms with E-state index in [2.05, 4.69) is 24.8 Å². The molecule has 0 fully saturated rings. The number of unbranched alkanes of at least 4 members (excludes halogenated alkanes) is 4. The minimum atomic E-state index is 1.08. The Morgan fingerprint density at radius 3 is 2.62 bits per heavy atom. The third kappa shape index (κ3) is 6.09. The predicted molar refractivity (Wildman–Crippen MR) is 71.2 cm³/mol. The van der Waals surface area contributed by atoms with Crippen molar-refractivity contribution < 1.29 is 0 Å². The maximum absolute atomic E-state index is 3.11. The highest BCUT2D eigenvalue weighted by atomic mass is 13.9. The Bertz CT molecular complexity index is 349. The zero-order chi connectivity index (χ0) is 11.5. The largest absolute Gasteiger partial charge is 0.0761 e. The first-order valence-corrected chi connectivity index (χ1v) is 6.15. The smallest absolute Gasteiger partial charge is 0.0248 e. The van der Waals surface area contributed by atoms with Crippen LogP contribution in [0.3, 0.4) is 0 Å². The second kappa shape index (κ2) is 8.80. The lowest BCUT2D eigenvalue weighted by molar-refractivity contribution is 0.674. The second-order valence-electron chi connectivity index (χ2n) is 3.89. The fraction of sp³-hybridized carbons (Fsp3) is 0.375. The van der Waals surface area contributed by atoms with E-state index < -0.39 is 0 Å². The van der Waals surface area contributed by atoms with Gasteiger partial charge in [0.1, 0.15) is 0 Å². The van der Waals surface area contributed by atoms with E-state index >= 15 is 0 Å². The van der Waals surface area contributed by atoms with Crippen molar-refractivity contribution in [3.8, 4) is 11.8 Å². The summed E-state index contributed by atoms with van der Waals surface area (Å²) in [6, 6.07) is 10.1. The summed E-state index contributed by atoms with van der Waals surface area (Å²) >= 11 is 0. The average molecular weight is 212 g/mol. The van der Waals surface area contributed by atoms with Gasteiger partial charge in [-0.1, -0.05) is 62.3 Å². The van der Waals surface area contributed by atoms with Gasteiger partial charge in [-0.15, -0.1) is 0 Å². The van der Waals surface area contributed by atoms with Crippen LogP contribution in [-0.2, 0) is 0 Å². The molecule has 0 heteroatoms. The third-order valence-electron chi connectivity index (χ3n) is 2.42. The standard InChI is InChI=1S/C16H20/c1-2-3-4-5-6-7-8-10-13-16-14-11-9-12-15-16/h7-9,11-12,14-15H,2-6H2,1H3. The highest BCUT2D eigenvalue weighted by Crippen LogP contribution is 2.02. The first kappa shape index (κ1) is 12.6. The Balaban J connectivity index is 2.19. The van der Waals surface area contributed by atoms with Gasteiger partial charge in [-0.3, -0.25) is 0 Å². The summed E-state index contributed by atoms with van der Waals surface area (Å²) in [5, 5.41) is 0. The summed E-state index contributed by atoms with van der Waals surface area (Å²) in [4.78, 5) is 0. The fourth-order valence-corrected chi connectivity index (χ4v) is 1.48. The number of allylic oxidation sites excluding steroid dienone is 2. The quantitative estimate of drug-likeness (QED) is 0.495. The van der Waals surface area contributed by atoms with Crippen molar-refractivity contribution in [2.45, 2.75) is 39.0 Å². The van der Waals surface area contributed by atoms with E-state index in [-0.39, 0.29) is 0 Å². The van der Waals surface area contributed by atoms with E-state index in [9.17, 15) is 0 Å². The normalized spacial score (nSPS) is 10.1. The number of benzene rings is 1. The van der Waals surface area contributed by atoms with Gasteiger partial charge in [-0.2, -0.15) is 0 Å². The molecule has 0 atom stereocenters. The van der Waals surface area contributed by atoms with Crippen molar-refractivity contribution in [3.05, 3.63) is 48.0 Å². The van der Waals surface area contributed by atoms with E-state index in [1.807, 2.05) is 36.4 Å². The van der Waals surface area contributed by atoms with E-state index in [0.717, 1.165) is 12.0 Å². The van der Waals surface area contributed by atoms with Gasteiger partial charge in [-0.25, -0.2) is 0 Å². The molecule has 0 heterocycles. The topological polar surface area (TPSA) is 0 Å². The zero-order valence-electron chi connectivity index (χ0n) is 10.1. The molecule has 0 aliphatic rings. The molecule has 0 aromatic heterocycles. The first-order valence-electron chi connectivity index (χ1n) is 6.15. The minimum absolute atomic E-state index is 1.08. The first-order chi connectivity index (χ1) is 7.93. The van der Waals surface area contributed by atoms with Gasteiger partial charge in [0.15, 0.2) is 0 Å². The van der Waals surface area contributed by atoms with Crippen LogP contribution < -0.4 is 0 Å². The summed E-state index contributed by atoms with van der Waals surface area (Å²) in [7, 11) is 0. The van der Waals surface area contributed by atoms with Crippen LogP contribution in [0.25, 0.3) is 0 Å². The SMILES string of the molecule is CCCCCCC=CC#Cc1ccccc1. The van der Waals surface area contributed by atoms with E-state index in [1.54, 1.807) is 0 Å². The Morgan fingerprint density at radius 1 is 1.06 bits per heavy atom. The van der Waals surface area contributed by atoms with Crippen LogP contribution in [0.4, 0.5) is 0 Å². The molecular formula is C16H20. The zero-order valence-corrected chi connectivity index (χ0v) is 10.1.